The predicted octanol–water partition coefficient (Wildman–Crippen LogP) is 2.07. The molecule has 0 saturated carbocycles. The Labute approximate surface area is 135 Å². The van der Waals surface area contributed by atoms with Crippen LogP contribution >= 0.6 is 11.6 Å². The maximum Gasteiger partial charge on any atom is 0.152 e. The molecule has 5 nitrogen and oxygen atoms in total. The van der Waals surface area contributed by atoms with Gasteiger partial charge in [0.2, 0.25) is 0 Å². The van der Waals surface area contributed by atoms with Crippen LogP contribution in [-0.4, -0.2) is 47.3 Å². The summed E-state index contributed by atoms with van der Waals surface area (Å²) in [4.78, 5) is 6.88. The molecular weight excluding hydrogens is 300 g/mol. The molecule has 1 unspecified atom stereocenters. The fourth-order valence-corrected chi connectivity index (χ4v) is 3.34. The number of nitrogens with two attached hydrogens (primary N) is 1. The van der Waals surface area contributed by atoms with Crippen molar-refractivity contribution in [2.45, 2.75) is 6.04 Å². The zero-order valence-corrected chi connectivity index (χ0v) is 13.5. The first-order valence-electron chi connectivity index (χ1n) is 7.51. The van der Waals surface area contributed by atoms with Crippen LogP contribution in [0, 0.1) is 0 Å². The highest BCUT2D eigenvalue weighted by molar-refractivity contribution is 6.30. The minimum atomic E-state index is 0.0614. The minimum absolute atomic E-state index is 0.0614. The number of hydrogen-bond acceptors (Lipinski definition) is 4. The topological polar surface area (TPSA) is 56.3 Å². The van der Waals surface area contributed by atoms with Crippen molar-refractivity contribution < 1.29 is 4.74 Å². The van der Waals surface area contributed by atoms with Crippen LogP contribution in [0.3, 0.4) is 0 Å². The third kappa shape index (κ3) is 2.90. The van der Waals surface area contributed by atoms with E-state index in [1.165, 1.54) is 0 Å². The largest absolute Gasteiger partial charge is 0.379 e. The lowest BCUT2D eigenvalue weighted by Gasteiger charge is -2.34. The van der Waals surface area contributed by atoms with Gasteiger partial charge >= 0.3 is 0 Å². The second kappa shape index (κ2) is 6.79. The van der Waals surface area contributed by atoms with Crippen LogP contribution in [0.2, 0.25) is 5.15 Å². The van der Waals surface area contributed by atoms with E-state index in [0.29, 0.717) is 11.7 Å². The molecular formula is C16H21ClN4O. The molecule has 2 N–H and O–H groups in total. The molecule has 0 spiro atoms. The van der Waals surface area contributed by atoms with Crippen LogP contribution in [-0.2, 0) is 11.8 Å². The second-order valence-corrected chi connectivity index (χ2v) is 5.79. The van der Waals surface area contributed by atoms with Gasteiger partial charge in [0.25, 0.3) is 0 Å². The second-order valence-electron chi connectivity index (χ2n) is 5.44. The molecule has 1 fully saturated rings. The fraction of sp³-hybridized carbons (Fsp3) is 0.438. The van der Waals surface area contributed by atoms with Crippen LogP contribution in [0.25, 0.3) is 11.4 Å². The summed E-state index contributed by atoms with van der Waals surface area (Å²) in [6, 6.07) is 10.1. The first-order valence-corrected chi connectivity index (χ1v) is 7.89. The van der Waals surface area contributed by atoms with Crippen molar-refractivity contribution in [3.8, 4) is 11.4 Å². The van der Waals surface area contributed by atoms with Crippen molar-refractivity contribution >= 4 is 11.6 Å². The van der Waals surface area contributed by atoms with E-state index in [9.17, 15) is 0 Å². The van der Waals surface area contributed by atoms with Crippen molar-refractivity contribution in [1.29, 1.82) is 0 Å². The van der Waals surface area contributed by atoms with E-state index in [1.807, 2.05) is 37.4 Å². The number of hydrogen-bond donors (Lipinski definition) is 1. The molecule has 0 aliphatic carbocycles. The Morgan fingerprint density at radius 3 is 2.59 bits per heavy atom. The van der Waals surface area contributed by atoms with E-state index >= 15 is 0 Å². The lowest BCUT2D eigenvalue weighted by atomic mass is 10.1. The summed E-state index contributed by atoms with van der Waals surface area (Å²) < 4.78 is 7.49. The Bertz CT molecular complexity index is 623. The van der Waals surface area contributed by atoms with Crippen molar-refractivity contribution in [1.82, 2.24) is 14.5 Å². The highest BCUT2D eigenvalue weighted by atomic mass is 35.5. The highest BCUT2D eigenvalue weighted by Gasteiger charge is 2.28. The summed E-state index contributed by atoms with van der Waals surface area (Å²) in [5.41, 5.74) is 8.07. The van der Waals surface area contributed by atoms with Gasteiger partial charge < -0.3 is 15.0 Å². The summed E-state index contributed by atoms with van der Waals surface area (Å²) in [6.45, 7) is 3.70. The van der Waals surface area contributed by atoms with E-state index in [0.717, 1.165) is 43.4 Å². The summed E-state index contributed by atoms with van der Waals surface area (Å²) in [6.07, 6.45) is 0. The number of imidazole rings is 1. The van der Waals surface area contributed by atoms with Gasteiger partial charge in [-0.1, -0.05) is 41.9 Å². The number of benzene rings is 1. The quantitative estimate of drug-likeness (QED) is 0.937. The standard InChI is InChI=1S/C16H21ClN4O/c1-20-14(13(11-18)21-7-9-22-10-8-21)15(17)19-16(20)12-5-3-2-4-6-12/h2-6,13H,7-11,18H2,1H3. The Balaban J connectivity index is 1.97. The highest BCUT2D eigenvalue weighted by Crippen LogP contribution is 2.31. The van der Waals surface area contributed by atoms with Crippen LogP contribution < -0.4 is 5.73 Å². The zero-order valence-electron chi connectivity index (χ0n) is 12.7. The number of morpholine rings is 1. The normalized spacial score (nSPS) is 17.6. The fourth-order valence-electron chi connectivity index (χ4n) is 3.01. The molecule has 1 aromatic carbocycles. The maximum absolute atomic E-state index is 6.45. The molecule has 2 aromatic rings. The van der Waals surface area contributed by atoms with Gasteiger partial charge in [-0.2, -0.15) is 0 Å². The van der Waals surface area contributed by atoms with Gasteiger partial charge in [-0.15, -0.1) is 0 Å². The Morgan fingerprint density at radius 2 is 1.95 bits per heavy atom. The number of nitrogens with zero attached hydrogens (tertiary/aromatic N) is 3. The molecule has 1 saturated heterocycles. The lowest BCUT2D eigenvalue weighted by molar-refractivity contribution is 0.0165. The van der Waals surface area contributed by atoms with Gasteiger partial charge in [-0.25, -0.2) is 4.98 Å². The first-order chi connectivity index (χ1) is 10.7. The van der Waals surface area contributed by atoms with Gasteiger partial charge in [-0.05, 0) is 0 Å². The van der Waals surface area contributed by atoms with Crippen molar-refractivity contribution in [3.63, 3.8) is 0 Å². The Kier molecular flexibility index (Phi) is 4.78. The van der Waals surface area contributed by atoms with E-state index in [-0.39, 0.29) is 6.04 Å². The number of halogens is 1. The Morgan fingerprint density at radius 1 is 1.27 bits per heavy atom. The van der Waals surface area contributed by atoms with Crippen LogP contribution in [0.1, 0.15) is 11.7 Å². The SMILES string of the molecule is Cn1c(-c2ccccc2)nc(Cl)c1C(CN)N1CCOCC1. The van der Waals surface area contributed by atoms with E-state index in [4.69, 9.17) is 22.1 Å². The smallest absolute Gasteiger partial charge is 0.152 e. The van der Waals surface area contributed by atoms with Gasteiger partial charge in [0.1, 0.15) is 5.82 Å². The molecule has 118 valence electrons. The molecule has 22 heavy (non-hydrogen) atoms. The molecule has 1 aromatic heterocycles. The molecule has 1 atom stereocenters. The molecule has 3 rings (SSSR count). The average molecular weight is 321 g/mol. The monoisotopic (exact) mass is 320 g/mol. The van der Waals surface area contributed by atoms with Gasteiger partial charge in [0, 0.05) is 32.2 Å². The molecule has 1 aliphatic rings. The molecule has 0 bridgehead atoms. The van der Waals surface area contributed by atoms with Gasteiger partial charge in [0.15, 0.2) is 5.15 Å². The van der Waals surface area contributed by atoms with Crippen LogP contribution in [0.5, 0.6) is 0 Å². The predicted molar refractivity (Wildman–Crippen MR) is 87.8 cm³/mol. The molecule has 2 heterocycles. The van der Waals surface area contributed by atoms with Crippen LogP contribution in [0.4, 0.5) is 0 Å². The molecule has 6 heteroatoms. The third-order valence-corrected chi connectivity index (χ3v) is 4.43. The van der Waals surface area contributed by atoms with E-state index in [2.05, 4.69) is 14.5 Å². The van der Waals surface area contributed by atoms with Crippen molar-refractivity contribution in [3.05, 3.63) is 41.2 Å². The maximum atomic E-state index is 6.45. The van der Waals surface area contributed by atoms with Gasteiger partial charge in [-0.3, -0.25) is 4.90 Å². The van der Waals surface area contributed by atoms with Crippen molar-refractivity contribution in [2.24, 2.45) is 12.8 Å². The summed E-state index contributed by atoms with van der Waals surface area (Å²) in [5.74, 6) is 0.868. The molecule has 0 amide bonds. The summed E-state index contributed by atoms with van der Waals surface area (Å²) in [7, 11) is 2.00. The number of ether oxygens (including phenoxy) is 1. The summed E-state index contributed by atoms with van der Waals surface area (Å²) >= 11 is 6.45. The average Bonchev–Trinajstić information content (AvgIpc) is 2.86. The van der Waals surface area contributed by atoms with E-state index in [1.54, 1.807) is 0 Å². The molecule has 1 aliphatic heterocycles. The number of aromatic nitrogens is 2. The number of rotatable bonds is 4. The van der Waals surface area contributed by atoms with Crippen LogP contribution in [0.15, 0.2) is 30.3 Å². The van der Waals surface area contributed by atoms with E-state index < -0.39 is 0 Å². The lowest BCUT2D eigenvalue weighted by Crippen LogP contribution is -2.42. The minimum Gasteiger partial charge on any atom is -0.379 e. The van der Waals surface area contributed by atoms with Crippen molar-refractivity contribution in [2.75, 3.05) is 32.8 Å². The zero-order chi connectivity index (χ0) is 15.5. The molecule has 0 radical (unpaired) electrons. The first kappa shape index (κ1) is 15.5. The van der Waals surface area contributed by atoms with Gasteiger partial charge in [0.05, 0.1) is 24.9 Å². The third-order valence-electron chi connectivity index (χ3n) is 4.15. The summed E-state index contributed by atoms with van der Waals surface area (Å²) in [5, 5.41) is 0.531. The Hall–Kier alpha value is -1.40.